The Balaban J connectivity index is 1.86. The molecule has 0 saturated heterocycles. The third-order valence-electron chi connectivity index (χ3n) is 6.95. The van der Waals surface area contributed by atoms with Crippen molar-refractivity contribution in [2.75, 3.05) is 0 Å². The molecule has 0 radical (unpaired) electrons. The molecule has 0 aromatic heterocycles. The van der Waals surface area contributed by atoms with Crippen LogP contribution in [0, 0.1) is 31.6 Å². The van der Waals surface area contributed by atoms with Crippen LogP contribution in [0.1, 0.15) is 118 Å². The number of carbonyl (C=O) groups is 2. The number of carbonyl (C=O) groups excluding carboxylic acids is 2. The SMILES string of the molecule is CC1=C(CCC(C)CCCC(C)CCCC(C)C)C(=O)c2cc(C)c(C)cc2C1=O. The van der Waals surface area contributed by atoms with E-state index in [2.05, 4.69) is 27.7 Å². The van der Waals surface area contributed by atoms with Gasteiger partial charge in [-0.25, -0.2) is 0 Å². The summed E-state index contributed by atoms with van der Waals surface area (Å²) in [6.45, 7) is 15.1. The minimum Gasteiger partial charge on any atom is -0.289 e. The Morgan fingerprint density at radius 3 is 1.67 bits per heavy atom. The van der Waals surface area contributed by atoms with E-state index in [9.17, 15) is 9.59 Å². The molecule has 2 nitrogen and oxygen atoms in total. The predicted octanol–water partition coefficient (Wildman–Crippen LogP) is 8.05. The lowest BCUT2D eigenvalue weighted by Crippen LogP contribution is -2.22. The van der Waals surface area contributed by atoms with Crippen LogP contribution in [0.5, 0.6) is 0 Å². The smallest absolute Gasteiger partial charge is 0.190 e. The minimum atomic E-state index is 0.0329. The van der Waals surface area contributed by atoms with Gasteiger partial charge in [-0.05, 0) is 74.6 Å². The highest BCUT2D eigenvalue weighted by Gasteiger charge is 2.30. The molecule has 1 aliphatic carbocycles. The van der Waals surface area contributed by atoms with Gasteiger partial charge in [0.15, 0.2) is 11.6 Å². The maximum absolute atomic E-state index is 13.1. The predicted molar refractivity (Wildman–Crippen MR) is 127 cm³/mol. The standard InChI is InChI=1S/C28H42O2/c1-18(2)10-8-11-19(3)12-9-13-20(4)14-15-24-23(7)27(29)25-16-21(5)22(6)17-26(25)28(24)30/h16-20H,8-15H2,1-7H3. The zero-order chi connectivity index (χ0) is 22.4. The van der Waals surface area contributed by atoms with E-state index in [1.165, 1.54) is 38.5 Å². The maximum atomic E-state index is 13.1. The molecule has 0 saturated carbocycles. The molecule has 0 spiro atoms. The van der Waals surface area contributed by atoms with Gasteiger partial charge >= 0.3 is 0 Å². The summed E-state index contributed by atoms with van der Waals surface area (Å²) in [4.78, 5) is 25.9. The highest BCUT2D eigenvalue weighted by molar-refractivity contribution is 6.26. The monoisotopic (exact) mass is 410 g/mol. The Morgan fingerprint density at radius 1 is 0.667 bits per heavy atom. The molecule has 0 fully saturated rings. The van der Waals surface area contributed by atoms with Crippen LogP contribution in [0.2, 0.25) is 0 Å². The highest BCUT2D eigenvalue weighted by atomic mass is 16.1. The van der Waals surface area contributed by atoms with Crippen molar-refractivity contribution in [1.29, 1.82) is 0 Å². The van der Waals surface area contributed by atoms with Crippen molar-refractivity contribution in [3.63, 3.8) is 0 Å². The Bertz CT molecular complexity index is 797. The first-order valence-corrected chi connectivity index (χ1v) is 12.0. The highest BCUT2D eigenvalue weighted by Crippen LogP contribution is 2.32. The van der Waals surface area contributed by atoms with Crippen molar-refractivity contribution in [2.45, 2.75) is 99.8 Å². The van der Waals surface area contributed by atoms with Crippen LogP contribution in [0.15, 0.2) is 23.3 Å². The van der Waals surface area contributed by atoms with Gasteiger partial charge in [-0.15, -0.1) is 0 Å². The fourth-order valence-corrected chi connectivity index (χ4v) is 4.53. The molecule has 1 aliphatic rings. The Kier molecular flexibility index (Phi) is 9.07. The third-order valence-corrected chi connectivity index (χ3v) is 6.95. The van der Waals surface area contributed by atoms with Crippen molar-refractivity contribution in [3.8, 4) is 0 Å². The lowest BCUT2D eigenvalue weighted by Gasteiger charge is -2.22. The Hall–Kier alpha value is -1.70. The lowest BCUT2D eigenvalue weighted by molar-refractivity contribution is 0.0971. The molecule has 0 aliphatic heterocycles. The summed E-state index contributed by atoms with van der Waals surface area (Å²) in [7, 11) is 0. The molecule has 0 N–H and O–H groups in total. The van der Waals surface area contributed by atoms with Crippen LogP contribution in [0.25, 0.3) is 0 Å². The van der Waals surface area contributed by atoms with Crippen molar-refractivity contribution in [3.05, 3.63) is 45.5 Å². The van der Waals surface area contributed by atoms with E-state index in [-0.39, 0.29) is 11.6 Å². The van der Waals surface area contributed by atoms with E-state index in [4.69, 9.17) is 0 Å². The summed E-state index contributed by atoms with van der Waals surface area (Å²) in [5.41, 5.74) is 4.73. The first-order chi connectivity index (χ1) is 14.1. The van der Waals surface area contributed by atoms with Gasteiger partial charge in [-0.3, -0.25) is 9.59 Å². The average Bonchev–Trinajstić information content (AvgIpc) is 2.67. The fraction of sp³-hybridized carbons (Fsp3) is 0.643. The molecular weight excluding hydrogens is 368 g/mol. The van der Waals surface area contributed by atoms with Gasteiger partial charge in [0.25, 0.3) is 0 Å². The molecule has 0 heterocycles. The van der Waals surface area contributed by atoms with Crippen molar-refractivity contribution >= 4 is 11.6 Å². The summed E-state index contributed by atoms with van der Waals surface area (Å²) in [5.74, 6) is 2.30. The molecule has 2 rings (SSSR count). The van der Waals surface area contributed by atoms with E-state index in [0.717, 1.165) is 35.0 Å². The van der Waals surface area contributed by atoms with Gasteiger partial charge in [0.05, 0.1) is 0 Å². The topological polar surface area (TPSA) is 34.1 Å². The van der Waals surface area contributed by atoms with Crippen LogP contribution in [0.3, 0.4) is 0 Å². The molecule has 2 atom stereocenters. The molecule has 30 heavy (non-hydrogen) atoms. The Morgan fingerprint density at radius 2 is 1.13 bits per heavy atom. The molecule has 2 heteroatoms. The zero-order valence-electron chi connectivity index (χ0n) is 20.4. The van der Waals surface area contributed by atoms with Crippen molar-refractivity contribution in [1.82, 2.24) is 0 Å². The minimum absolute atomic E-state index is 0.0329. The maximum Gasteiger partial charge on any atom is 0.190 e. The molecule has 0 bridgehead atoms. The first kappa shape index (κ1) is 24.6. The second-order valence-corrected chi connectivity index (χ2v) is 10.2. The summed E-state index contributed by atoms with van der Waals surface area (Å²) in [6.07, 6.45) is 9.49. The number of aryl methyl sites for hydroxylation is 2. The van der Waals surface area contributed by atoms with Gasteiger partial charge in [-0.2, -0.15) is 0 Å². The third kappa shape index (κ3) is 6.40. The number of hydrogen-bond acceptors (Lipinski definition) is 2. The number of benzene rings is 1. The van der Waals surface area contributed by atoms with Crippen molar-refractivity contribution < 1.29 is 9.59 Å². The number of Topliss-reactive ketones (excluding diaryl/α,β-unsaturated/α-hetero) is 2. The van der Waals surface area contributed by atoms with Crippen LogP contribution >= 0.6 is 0 Å². The summed E-state index contributed by atoms with van der Waals surface area (Å²) < 4.78 is 0. The first-order valence-electron chi connectivity index (χ1n) is 12.0. The van der Waals surface area contributed by atoms with Crippen molar-refractivity contribution in [2.24, 2.45) is 17.8 Å². The number of hydrogen-bond donors (Lipinski definition) is 0. The van der Waals surface area contributed by atoms with Gasteiger partial charge in [0.2, 0.25) is 0 Å². The molecule has 1 aromatic rings. The van der Waals surface area contributed by atoms with E-state index < -0.39 is 0 Å². The number of fused-ring (bicyclic) bond motifs is 1. The Labute approximate surface area is 184 Å². The van der Waals surface area contributed by atoms with E-state index in [0.29, 0.717) is 29.0 Å². The second kappa shape index (κ2) is 11.1. The molecule has 2 unspecified atom stereocenters. The lowest BCUT2D eigenvalue weighted by atomic mass is 9.80. The van der Waals surface area contributed by atoms with Gasteiger partial charge in [0, 0.05) is 22.3 Å². The van der Waals surface area contributed by atoms with E-state index in [1.54, 1.807) is 0 Å². The molecule has 1 aromatic carbocycles. The summed E-state index contributed by atoms with van der Waals surface area (Å²) in [6, 6.07) is 3.79. The van der Waals surface area contributed by atoms with Gasteiger partial charge < -0.3 is 0 Å². The molecule has 0 amide bonds. The number of allylic oxidation sites excluding steroid dienone is 2. The van der Waals surface area contributed by atoms with Gasteiger partial charge in [-0.1, -0.05) is 66.2 Å². The van der Waals surface area contributed by atoms with Crippen LogP contribution in [0.4, 0.5) is 0 Å². The number of rotatable bonds is 11. The number of ketones is 2. The van der Waals surface area contributed by atoms with Crippen LogP contribution in [-0.4, -0.2) is 11.6 Å². The largest absolute Gasteiger partial charge is 0.289 e. The zero-order valence-corrected chi connectivity index (χ0v) is 20.4. The fourth-order valence-electron chi connectivity index (χ4n) is 4.53. The van der Waals surface area contributed by atoms with Crippen LogP contribution in [-0.2, 0) is 0 Å². The molecule has 166 valence electrons. The second-order valence-electron chi connectivity index (χ2n) is 10.2. The molecular formula is C28H42O2. The van der Waals surface area contributed by atoms with Gasteiger partial charge in [0.1, 0.15) is 0 Å². The van der Waals surface area contributed by atoms with E-state index >= 15 is 0 Å². The normalized spacial score (nSPS) is 16.3. The summed E-state index contributed by atoms with van der Waals surface area (Å²) in [5, 5.41) is 0. The average molecular weight is 411 g/mol. The summed E-state index contributed by atoms with van der Waals surface area (Å²) >= 11 is 0. The quantitative estimate of drug-likeness (QED) is 0.370. The van der Waals surface area contributed by atoms with Crippen LogP contribution < -0.4 is 0 Å². The van der Waals surface area contributed by atoms with E-state index in [1.807, 2.05) is 32.9 Å².